The van der Waals surface area contributed by atoms with E-state index in [9.17, 15) is 5.11 Å². The molecule has 2 N–H and O–H groups in total. The van der Waals surface area contributed by atoms with Crippen LogP contribution in [0.1, 0.15) is 19.4 Å². The van der Waals surface area contributed by atoms with E-state index in [1.165, 1.54) is 5.56 Å². The lowest BCUT2D eigenvalue weighted by atomic mass is 9.94. The standard InChI is InChI=1S/C17H23NO2.CH2O2/c1-17(2,13-19)12-18(3)11-14-6-4-7-15(10-14)16-8-5-9-20-16;2-1-3/h4-10,19H,11-13H2,1-3H3;1H,(H,2,3). The van der Waals surface area contributed by atoms with E-state index >= 15 is 0 Å². The minimum Gasteiger partial charge on any atom is -0.483 e. The molecule has 0 saturated carbocycles. The molecular formula is C18H25NO4. The first-order valence-corrected chi connectivity index (χ1v) is 7.42. The summed E-state index contributed by atoms with van der Waals surface area (Å²) >= 11 is 0. The van der Waals surface area contributed by atoms with Crippen LogP contribution in [-0.4, -0.2) is 41.8 Å². The maximum atomic E-state index is 9.34. The van der Waals surface area contributed by atoms with Crippen LogP contribution in [0.25, 0.3) is 11.3 Å². The van der Waals surface area contributed by atoms with Crippen molar-refractivity contribution in [2.24, 2.45) is 5.41 Å². The van der Waals surface area contributed by atoms with Gasteiger partial charge >= 0.3 is 0 Å². The largest absolute Gasteiger partial charge is 0.483 e. The number of rotatable bonds is 6. The quantitative estimate of drug-likeness (QED) is 0.800. The van der Waals surface area contributed by atoms with Crippen molar-refractivity contribution in [3.63, 3.8) is 0 Å². The van der Waals surface area contributed by atoms with Gasteiger partial charge in [0.1, 0.15) is 5.76 Å². The SMILES string of the molecule is CN(Cc1cccc(-c2ccco2)c1)CC(C)(C)CO.O=CO. The highest BCUT2D eigenvalue weighted by Crippen LogP contribution is 2.22. The molecule has 0 fully saturated rings. The van der Waals surface area contributed by atoms with Crippen LogP contribution in [0.2, 0.25) is 0 Å². The van der Waals surface area contributed by atoms with Crippen LogP contribution in [0.5, 0.6) is 0 Å². The second-order valence-corrected chi connectivity index (χ2v) is 6.28. The van der Waals surface area contributed by atoms with Crippen LogP contribution in [0.15, 0.2) is 47.1 Å². The second kappa shape index (κ2) is 9.12. The van der Waals surface area contributed by atoms with E-state index in [1.807, 2.05) is 12.1 Å². The summed E-state index contributed by atoms with van der Waals surface area (Å²) in [7, 11) is 2.08. The number of carbonyl (C=O) groups is 1. The van der Waals surface area contributed by atoms with Crippen LogP contribution in [-0.2, 0) is 11.3 Å². The minimum absolute atomic E-state index is 0.0760. The molecule has 0 aliphatic heterocycles. The molecule has 0 aliphatic rings. The molecule has 0 atom stereocenters. The highest BCUT2D eigenvalue weighted by Gasteiger charge is 2.18. The zero-order valence-electron chi connectivity index (χ0n) is 13.9. The van der Waals surface area contributed by atoms with Gasteiger partial charge in [0.15, 0.2) is 0 Å². The molecule has 0 aliphatic carbocycles. The predicted molar refractivity (Wildman–Crippen MR) is 90.0 cm³/mol. The van der Waals surface area contributed by atoms with Crippen molar-refractivity contribution in [2.45, 2.75) is 20.4 Å². The van der Waals surface area contributed by atoms with Crippen LogP contribution < -0.4 is 0 Å². The van der Waals surface area contributed by atoms with Gasteiger partial charge in [0.05, 0.1) is 6.26 Å². The summed E-state index contributed by atoms with van der Waals surface area (Å²) in [6, 6.07) is 12.3. The summed E-state index contributed by atoms with van der Waals surface area (Å²) < 4.78 is 5.43. The van der Waals surface area contributed by atoms with E-state index in [0.717, 1.165) is 24.4 Å². The topological polar surface area (TPSA) is 73.9 Å². The Bertz CT molecular complexity index is 578. The third kappa shape index (κ3) is 6.67. The summed E-state index contributed by atoms with van der Waals surface area (Å²) in [5.41, 5.74) is 2.27. The fourth-order valence-electron chi connectivity index (χ4n) is 2.41. The molecule has 1 aromatic carbocycles. The average Bonchev–Trinajstić information content (AvgIpc) is 3.02. The number of benzene rings is 1. The Kier molecular flexibility index (Phi) is 7.51. The fraction of sp³-hybridized carbons (Fsp3) is 0.389. The van der Waals surface area contributed by atoms with Gasteiger partial charge in [-0.1, -0.05) is 32.0 Å². The number of aliphatic hydroxyl groups excluding tert-OH is 1. The second-order valence-electron chi connectivity index (χ2n) is 6.28. The molecule has 1 aromatic heterocycles. The van der Waals surface area contributed by atoms with Crippen molar-refractivity contribution < 1.29 is 19.4 Å². The molecule has 2 rings (SSSR count). The third-order valence-electron chi connectivity index (χ3n) is 3.31. The molecular weight excluding hydrogens is 294 g/mol. The van der Waals surface area contributed by atoms with Crippen molar-refractivity contribution in [1.82, 2.24) is 4.90 Å². The smallest absolute Gasteiger partial charge is 0.290 e. The number of aliphatic hydroxyl groups is 1. The van der Waals surface area contributed by atoms with Crippen LogP contribution in [0.4, 0.5) is 0 Å². The summed E-state index contributed by atoms with van der Waals surface area (Å²) in [4.78, 5) is 10.6. The van der Waals surface area contributed by atoms with E-state index in [1.54, 1.807) is 6.26 Å². The van der Waals surface area contributed by atoms with E-state index in [4.69, 9.17) is 14.3 Å². The molecule has 0 amide bonds. The summed E-state index contributed by atoms with van der Waals surface area (Å²) in [5, 5.41) is 16.2. The van der Waals surface area contributed by atoms with Gasteiger partial charge in [-0.2, -0.15) is 0 Å². The predicted octanol–water partition coefficient (Wildman–Crippen LogP) is 3.10. The van der Waals surface area contributed by atoms with Gasteiger partial charge in [-0.3, -0.25) is 4.79 Å². The maximum Gasteiger partial charge on any atom is 0.290 e. The number of nitrogens with zero attached hydrogens (tertiary/aromatic N) is 1. The van der Waals surface area contributed by atoms with Gasteiger partial charge in [0.25, 0.3) is 6.47 Å². The first-order valence-electron chi connectivity index (χ1n) is 7.42. The van der Waals surface area contributed by atoms with Crippen molar-refractivity contribution in [1.29, 1.82) is 0 Å². The van der Waals surface area contributed by atoms with Gasteiger partial charge in [-0.05, 0) is 30.8 Å². The summed E-state index contributed by atoms with van der Waals surface area (Å²) in [5.74, 6) is 0.894. The van der Waals surface area contributed by atoms with Crippen molar-refractivity contribution in [2.75, 3.05) is 20.2 Å². The Morgan fingerprint density at radius 2 is 1.96 bits per heavy atom. The lowest BCUT2D eigenvalue weighted by Crippen LogP contribution is -2.33. The molecule has 23 heavy (non-hydrogen) atoms. The molecule has 0 unspecified atom stereocenters. The van der Waals surface area contributed by atoms with Gasteiger partial charge < -0.3 is 19.5 Å². The number of carboxylic acid groups (broad SMARTS) is 1. The average molecular weight is 319 g/mol. The highest BCUT2D eigenvalue weighted by atomic mass is 16.3. The Hall–Kier alpha value is -2.11. The Morgan fingerprint density at radius 1 is 1.26 bits per heavy atom. The van der Waals surface area contributed by atoms with Crippen LogP contribution >= 0.6 is 0 Å². The number of hydrogen-bond acceptors (Lipinski definition) is 4. The van der Waals surface area contributed by atoms with Crippen LogP contribution in [0, 0.1) is 5.41 Å². The van der Waals surface area contributed by atoms with E-state index in [-0.39, 0.29) is 18.5 Å². The summed E-state index contributed by atoms with van der Waals surface area (Å²) in [6.07, 6.45) is 1.69. The van der Waals surface area contributed by atoms with Gasteiger partial charge in [0, 0.05) is 30.7 Å². The fourth-order valence-corrected chi connectivity index (χ4v) is 2.41. The normalized spacial score (nSPS) is 11.0. The molecule has 1 heterocycles. The third-order valence-corrected chi connectivity index (χ3v) is 3.31. The van der Waals surface area contributed by atoms with Crippen molar-refractivity contribution in [3.8, 4) is 11.3 Å². The highest BCUT2D eigenvalue weighted by molar-refractivity contribution is 5.58. The number of hydrogen-bond donors (Lipinski definition) is 2. The first kappa shape index (κ1) is 18.9. The Balaban J connectivity index is 0.000000816. The molecule has 2 aromatic rings. The van der Waals surface area contributed by atoms with Gasteiger partial charge in [-0.15, -0.1) is 0 Å². The van der Waals surface area contributed by atoms with Gasteiger partial charge in [0.2, 0.25) is 0 Å². The van der Waals surface area contributed by atoms with Gasteiger partial charge in [-0.25, -0.2) is 0 Å². The summed E-state index contributed by atoms with van der Waals surface area (Å²) in [6.45, 7) is 5.81. The van der Waals surface area contributed by atoms with Crippen molar-refractivity contribution >= 4 is 6.47 Å². The molecule has 5 nitrogen and oxygen atoms in total. The molecule has 0 spiro atoms. The Morgan fingerprint density at radius 3 is 2.52 bits per heavy atom. The van der Waals surface area contributed by atoms with E-state index in [0.29, 0.717) is 0 Å². The molecule has 0 bridgehead atoms. The molecule has 5 heteroatoms. The molecule has 0 radical (unpaired) electrons. The maximum absolute atomic E-state index is 9.34. The number of furan rings is 1. The first-order chi connectivity index (χ1) is 10.9. The lowest BCUT2D eigenvalue weighted by molar-refractivity contribution is -0.122. The Labute approximate surface area is 137 Å². The molecule has 0 saturated heterocycles. The molecule has 126 valence electrons. The zero-order valence-corrected chi connectivity index (χ0v) is 13.9. The lowest BCUT2D eigenvalue weighted by Gasteiger charge is -2.28. The van der Waals surface area contributed by atoms with E-state index in [2.05, 4.69) is 50.1 Å². The van der Waals surface area contributed by atoms with E-state index < -0.39 is 0 Å². The monoisotopic (exact) mass is 319 g/mol. The zero-order chi connectivity index (χ0) is 17.3. The minimum atomic E-state index is -0.250. The van der Waals surface area contributed by atoms with Crippen LogP contribution in [0.3, 0.4) is 0 Å². The van der Waals surface area contributed by atoms with Crippen molar-refractivity contribution in [3.05, 3.63) is 48.2 Å².